The lowest BCUT2D eigenvalue weighted by atomic mass is 10.2. The molecular weight excluding hydrogens is 246 g/mol. The van der Waals surface area contributed by atoms with Crippen LogP contribution in [0.3, 0.4) is 0 Å². The SMILES string of the molecule is CCNCc1ccnc(N(CC)Cc2ccccc2)c1. The van der Waals surface area contributed by atoms with Crippen LogP contribution in [-0.4, -0.2) is 18.1 Å². The maximum Gasteiger partial charge on any atom is 0.129 e. The van der Waals surface area contributed by atoms with Gasteiger partial charge in [-0.2, -0.15) is 0 Å². The standard InChI is InChI=1S/C17H23N3/c1-3-18-13-16-10-11-19-17(12-16)20(4-2)14-15-8-6-5-7-9-15/h5-12,18H,3-4,13-14H2,1-2H3. The van der Waals surface area contributed by atoms with Crippen molar-refractivity contribution in [2.45, 2.75) is 26.9 Å². The highest BCUT2D eigenvalue weighted by molar-refractivity contribution is 5.41. The van der Waals surface area contributed by atoms with E-state index in [9.17, 15) is 0 Å². The third kappa shape index (κ3) is 4.07. The second-order valence-corrected chi connectivity index (χ2v) is 4.80. The molecule has 3 nitrogen and oxygen atoms in total. The molecule has 20 heavy (non-hydrogen) atoms. The second kappa shape index (κ2) is 7.65. The summed E-state index contributed by atoms with van der Waals surface area (Å²) in [5.74, 6) is 1.05. The summed E-state index contributed by atoms with van der Waals surface area (Å²) >= 11 is 0. The van der Waals surface area contributed by atoms with Gasteiger partial charge >= 0.3 is 0 Å². The van der Waals surface area contributed by atoms with Gasteiger partial charge in [0.2, 0.25) is 0 Å². The first-order valence-corrected chi connectivity index (χ1v) is 7.28. The van der Waals surface area contributed by atoms with Crippen LogP contribution in [0.2, 0.25) is 0 Å². The summed E-state index contributed by atoms with van der Waals surface area (Å²) < 4.78 is 0. The number of aromatic nitrogens is 1. The third-order valence-electron chi connectivity index (χ3n) is 3.31. The van der Waals surface area contributed by atoms with E-state index in [1.807, 2.05) is 6.20 Å². The normalized spacial score (nSPS) is 10.5. The van der Waals surface area contributed by atoms with Crippen LogP contribution >= 0.6 is 0 Å². The van der Waals surface area contributed by atoms with Gasteiger partial charge in [0.15, 0.2) is 0 Å². The summed E-state index contributed by atoms with van der Waals surface area (Å²) in [6, 6.07) is 14.8. The highest BCUT2D eigenvalue weighted by atomic mass is 15.2. The van der Waals surface area contributed by atoms with Crippen LogP contribution < -0.4 is 10.2 Å². The molecule has 0 radical (unpaired) electrons. The molecule has 0 unspecified atom stereocenters. The molecule has 0 aliphatic heterocycles. The van der Waals surface area contributed by atoms with Crippen molar-refractivity contribution in [1.82, 2.24) is 10.3 Å². The van der Waals surface area contributed by atoms with Gasteiger partial charge in [0, 0.05) is 25.8 Å². The van der Waals surface area contributed by atoms with Crippen molar-refractivity contribution in [2.75, 3.05) is 18.0 Å². The molecule has 2 rings (SSSR count). The van der Waals surface area contributed by atoms with Crippen molar-refractivity contribution < 1.29 is 0 Å². The summed E-state index contributed by atoms with van der Waals surface area (Å²) in [5.41, 5.74) is 2.59. The Bertz CT molecular complexity index is 511. The number of hydrogen-bond donors (Lipinski definition) is 1. The molecule has 1 heterocycles. The molecule has 1 aromatic heterocycles. The number of nitrogens with one attached hydrogen (secondary N) is 1. The Hall–Kier alpha value is -1.87. The summed E-state index contributed by atoms with van der Waals surface area (Å²) in [4.78, 5) is 6.81. The molecule has 0 bridgehead atoms. The van der Waals surface area contributed by atoms with Gasteiger partial charge in [-0.15, -0.1) is 0 Å². The van der Waals surface area contributed by atoms with E-state index in [4.69, 9.17) is 0 Å². The average molecular weight is 269 g/mol. The van der Waals surface area contributed by atoms with E-state index in [2.05, 4.69) is 71.5 Å². The van der Waals surface area contributed by atoms with Crippen molar-refractivity contribution in [2.24, 2.45) is 0 Å². The lowest BCUT2D eigenvalue weighted by molar-refractivity contribution is 0.723. The van der Waals surface area contributed by atoms with Gasteiger partial charge in [-0.05, 0) is 36.7 Å². The zero-order chi connectivity index (χ0) is 14.2. The molecular formula is C17H23N3. The van der Waals surface area contributed by atoms with E-state index in [0.29, 0.717) is 0 Å². The zero-order valence-corrected chi connectivity index (χ0v) is 12.3. The predicted octanol–water partition coefficient (Wildman–Crippen LogP) is 3.22. The number of anilines is 1. The van der Waals surface area contributed by atoms with Crippen LogP contribution in [0.15, 0.2) is 48.7 Å². The Labute approximate surface area is 121 Å². The fourth-order valence-corrected chi connectivity index (χ4v) is 2.17. The van der Waals surface area contributed by atoms with E-state index in [1.165, 1.54) is 11.1 Å². The van der Waals surface area contributed by atoms with Gasteiger partial charge < -0.3 is 10.2 Å². The first kappa shape index (κ1) is 14.5. The number of rotatable bonds is 7. The van der Waals surface area contributed by atoms with E-state index >= 15 is 0 Å². The molecule has 0 atom stereocenters. The van der Waals surface area contributed by atoms with Crippen LogP contribution in [0.5, 0.6) is 0 Å². The lowest BCUT2D eigenvalue weighted by Gasteiger charge is -2.22. The van der Waals surface area contributed by atoms with Gasteiger partial charge in [0.1, 0.15) is 5.82 Å². The first-order chi connectivity index (χ1) is 9.83. The molecule has 0 spiro atoms. The van der Waals surface area contributed by atoms with Crippen LogP contribution in [0.4, 0.5) is 5.82 Å². The van der Waals surface area contributed by atoms with Crippen molar-refractivity contribution in [3.8, 4) is 0 Å². The summed E-state index contributed by atoms with van der Waals surface area (Å²) in [5, 5.41) is 3.35. The highest BCUT2D eigenvalue weighted by Crippen LogP contribution is 2.15. The van der Waals surface area contributed by atoms with Crippen molar-refractivity contribution in [1.29, 1.82) is 0 Å². The fourth-order valence-electron chi connectivity index (χ4n) is 2.17. The maximum absolute atomic E-state index is 4.51. The van der Waals surface area contributed by atoms with Crippen LogP contribution in [0.1, 0.15) is 25.0 Å². The Morgan fingerprint density at radius 3 is 2.55 bits per heavy atom. The van der Waals surface area contributed by atoms with Gasteiger partial charge in [0.25, 0.3) is 0 Å². The second-order valence-electron chi connectivity index (χ2n) is 4.80. The summed E-state index contributed by atoms with van der Waals surface area (Å²) in [6.45, 7) is 8.02. The largest absolute Gasteiger partial charge is 0.353 e. The zero-order valence-electron chi connectivity index (χ0n) is 12.3. The monoisotopic (exact) mass is 269 g/mol. The fraction of sp³-hybridized carbons (Fsp3) is 0.353. The smallest absolute Gasteiger partial charge is 0.129 e. The Balaban J connectivity index is 2.10. The summed E-state index contributed by atoms with van der Waals surface area (Å²) in [6.07, 6.45) is 1.90. The van der Waals surface area contributed by atoms with Crippen molar-refractivity contribution in [3.05, 3.63) is 59.8 Å². The van der Waals surface area contributed by atoms with Crippen molar-refractivity contribution in [3.63, 3.8) is 0 Å². The van der Waals surface area contributed by atoms with Gasteiger partial charge in [-0.25, -0.2) is 4.98 Å². The van der Waals surface area contributed by atoms with Crippen LogP contribution in [-0.2, 0) is 13.1 Å². The molecule has 0 saturated heterocycles. The van der Waals surface area contributed by atoms with E-state index in [-0.39, 0.29) is 0 Å². The molecule has 2 aromatic rings. The highest BCUT2D eigenvalue weighted by Gasteiger charge is 2.07. The number of nitrogens with zero attached hydrogens (tertiary/aromatic N) is 2. The van der Waals surface area contributed by atoms with Gasteiger partial charge in [0.05, 0.1) is 0 Å². The minimum atomic E-state index is 0.898. The topological polar surface area (TPSA) is 28.2 Å². The Morgan fingerprint density at radius 1 is 1.05 bits per heavy atom. The van der Waals surface area contributed by atoms with Crippen LogP contribution in [0.25, 0.3) is 0 Å². The van der Waals surface area contributed by atoms with Gasteiger partial charge in [-0.3, -0.25) is 0 Å². The quantitative estimate of drug-likeness (QED) is 0.836. The maximum atomic E-state index is 4.51. The first-order valence-electron chi connectivity index (χ1n) is 7.28. The van der Waals surface area contributed by atoms with Crippen molar-refractivity contribution >= 4 is 5.82 Å². The summed E-state index contributed by atoms with van der Waals surface area (Å²) in [7, 11) is 0. The molecule has 0 aliphatic carbocycles. The molecule has 1 aromatic carbocycles. The number of pyridine rings is 1. The molecule has 0 fully saturated rings. The Morgan fingerprint density at radius 2 is 1.85 bits per heavy atom. The van der Waals surface area contributed by atoms with E-state index in [0.717, 1.165) is 32.0 Å². The molecule has 106 valence electrons. The lowest BCUT2D eigenvalue weighted by Crippen LogP contribution is -2.23. The minimum absolute atomic E-state index is 0.898. The number of hydrogen-bond acceptors (Lipinski definition) is 3. The number of benzene rings is 1. The van der Waals surface area contributed by atoms with Crippen LogP contribution in [0, 0.1) is 0 Å². The van der Waals surface area contributed by atoms with Gasteiger partial charge in [-0.1, -0.05) is 37.3 Å². The molecule has 1 N–H and O–H groups in total. The minimum Gasteiger partial charge on any atom is -0.353 e. The molecule has 0 amide bonds. The van der Waals surface area contributed by atoms with E-state index in [1.54, 1.807) is 0 Å². The average Bonchev–Trinajstić information content (AvgIpc) is 2.52. The van der Waals surface area contributed by atoms with E-state index < -0.39 is 0 Å². The third-order valence-corrected chi connectivity index (χ3v) is 3.31. The predicted molar refractivity (Wildman–Crippen MR) is 84.8 cm³/mol. The Kier molecular flexibility index (Phi) is 5.56. The molecule has 0 saturated carbocycles. The molecule has 3 heteroatoms. The molecule has 0 aliphatic rings.